The number of hydrogen-bond acceptors (Lipinski definition) is 3. The van der Waals surface area contributed by atoms with Crippen LogP contribution in [0, 0.1) is 0 Å². The van der Waals surface area contributed by atoms with E-state index in [-0.39, 0.29) is 11.4 Å². The molecular formula is C12H8BrF3N2O. The fourth-order valence-corrected chi connectivity index (χ4v) is 1.78. The van der Waals surface area contributed by atoms with Crippen LogP contribution in [0.3, 0.4) is 0 Å². The zero-order chi connectivity index (χ0) is 13.9. The van der Waals surface area contributed by atoms with Gasteiger partial charge in [-0.2, -0.15) is 0 Å². The second kappa shape index (κ2) is 5.48. The number of halogens is 4. The number of aromatic nitrogens is 1. The summed E-state index contributed by atoms with van der Waals surface area (Å²) in [5.74, 6) is -0.296. The lowest BCUT2D eigenvalue weighted by Gasteiger charge is -2.14. The SMILES string of the molecule is FC(F)(F)Oc1ccccc1Nc1cncc(Br)c1. The van der Waals surface area contributed by atoms with Gasteiger partial charge in [-0.25, -0.2) is 0 Å². The first kappa shape index (κ1) is 13.7. The van der Waals surface area contributed by atoms with E-state index in [0.29, 0.717) is 10.2 Å². The second-order valence-corrected chi connectivity index (χ2v) is 4.48. The molecule has 0 aliphatic rings. The van der Waals surface area contributed by atoms with E-state index >= 15 is 0 Å². The predicted molar refractivity (Wildman–Crippen MR) is 68.3 cm³/mol. The fraction of sp³-hybridized carbons (Fsp3) is 0.0833. The van der Waals surface area contributed by atoms with Crippen molar-refractivity contribution in [1.82, 2.24) is 4.98 Å². The highest BCUT2D eigenvalue weighted by atomic mass is 79.9. The van der Waals surface area contributed by atoms with Crippen molar-refractivity contribution in [2.75, 3.05) is 5.32 Å². The minimum absolute atomic E-state index is 0.208. The smallest absolute Gasteiger partial charge is 0.404 e. The number of nitrogens with one attached hydrogen (secondary N) is 1. The molecule has 0 fully saturated rings. The van der Waals surface area contributed by atoms with Gasteiger partial charge in [-0.05, 0) is 34.1 Å². The average Bonchev–Trinajstić information content (AvgIpc) is 2.30. The third-order valence-corrected chi connectivity index (χ3v) is 2.53. The molecule has 0 aliphatic carbocycles. The Kier molecular flexibility index (Phi) is 3.94. The summed E-state index contributed by atoms with van der Waals surface area (Å²) in [5.41, 5.74) is 0.757. The molecule has 3 nitrogen and oxygen atoms in total. The quantitative estimate of drug-likeness (QED) is 0.899. The van der Waals surface area contributed by atoms with Gasteiger partial charge in [0.1, 0.15) is 0 Å². The molecule has 0 aliphatic heterocycles. The van der Waals surface area contributed by atoms with E-state index < -0.39 is 6.36 Å². The van der Waals surface area contributed by atoms with E-state index in [0.717, 1.165) is 0 Å². The maximum absolute atomic E-state index is 12.3. The molecule has 2 aromatic rings. The molecule has 0 saturated carbocycles. The van der Waals surface area contributed by atoms with Crippen LogP contribution in [0.4, 0.5) is 24.5 Å². The van der Waals surface area contributed by atoms with Gasteiger partial charge in [0, 0.05) is 10.7 Å². The molecular weight excluding hydrogens is 325 g/mol. The number of anilines is 2. The minimum atomic E-state index is -4.73. The molecule has 2 rings (SSSR count). The number of benzene rings is 1. The van der Waals surface area contributed by atoms with Crippen molar-refractivity contribution in [2.24, 2.45) is 0 Å². The van der Waals surface area contributed by atoms with Crippen LogP contribution in [0.5, 0.6) is 5.75 Å². The topological polar surface area (TPSA) is 34.1 Å². The minimum Gasteiger partial charge on any atom is -0.404 e. The first-order chi connectivity index (χ1) is 8.94. The molecule has 0 bridgehead atoms. The standard InChI is InChI=1S/C12H8BrF3N2O/c13-8-5-9(7-17-6-8)18-10-3-1-2-4-11(10)19-12(14,15)16/h1-7,18H. The van der Waals surface area contributed by atoms with Crippen molar-refractivity contribution in [3.05, 3.63) is 47.2 Å². The summed E-state index contributed by atoms with van der Waals surface area (Å²) in [6, 6.07) is 7.49. The molecule has 0 saturated heterocycles. The van der Waals surface area contributed by atoms with Crippen LogP contribution in [0.2, 0.25) is 0 Å². The molecule has 0 radical (unpaired) electrons. The summed E-state index contributed by atoms with van der Waals surface area (Å²) in [7, 11) is 0. The maximum Gasteiger partial charge on any atom is 0.573 e. The molecule has 7 heteroatoms. The number of nitrogens with zero attached hydrogens (tertiary/aromatic N) is 1. The van der Waals surface area contributed by atoms with Crippen LogP contribution in [0.1, 0.15) is 0 Å². The Bertz CT molecular complexity index is 575. The largest absolute Gasteiger partial charge is 0.573 e. The number of para-hydroxylation sites is 2. The highest BCUT2D eigenvalue weighted by Crippen LogP contribution is 2.32. The van der Waals surface area contributed by atoms with Gasteiger partial charge in [0.05, 0.1) is 17.6 Å². The Morgan fingerprint density at radius 1 is 1.16 bits per heavy atom. The first-order valence-electron chi connectivity index (χ1n) is 5.16. The lowest BCUT2D eigenvalue weighted by molar-refractivity contribution is -0.274. The third-order valence-electron chi connectivity index (χ3n) is 2.10. The van der Waals surface area contributed by atoms with Gasteiger partial charge in [-0.15, -0.1) is 13.2 Å². The summed E-state index contributed by atoms with van der Waals surface area (Å²) in [4.78, 5) is 3.91. The van der Waals surface area contributed by atoms with Gasteiger partial charge in [0.15, 0.2) is 5.75 Å². The average molecular weight is 333 g/mol. The van der Waals surface area contributed by atoms with Gasteiger partial charge in [0.2, 0.25) is 0 Å². The highest BCUT2D eigenvalue weighted by molar-refractivity contribution is 9.10. The maximum atomic E-state index is 12.3. The number of pyridine rings is 1. The van der Waals surface area contributed by atoms with Gasteiger partial charge < -0.3 is 10.1 Å². The Morgan fingerprint density at radius 3 is 2.58 bits per heavy atom. The van der Waals surface area contributed by atoms with Crippen LogP contribution >= 0.6 is 15.9 Å². The Labute approximate surface area is 115 Å². The molecule has 0 spiro atoms. The van der Waals surface area contributed by atoms with Gasteiger partial charge in [-0.1, -0.05) is 12.1 Å². The van der Waals surface area contributed by atoms with E-state index in [1.807, 2.05) is 0 Å². The van der Waals surface area contributed by atoms with Crippen LogP contribution in [-0.4, -0.2) is 11.3 Å². The summed E-state index contributed by atoms with van der Waals surface area (Å²) >= 11 is 3.23. The lowest BCUT2D eigenvalue weighted by atomic mass is 10.3. The van der Waals surface area contributed by atoms with Crippen molar-refractivity contribution in [3.8, 4) is 5.75 Å². The van der Waals surface area contributed by atoms with E-state index in [1.54, 1.807) is 18.3 Å². The van der Waals surface area contributed by atoms with Crippen LogP contribution in [0.15, 0.2) is 47.2 Å². The van der Waals surface area contributed by atoms with Crippen LogP contribution < -0.4 is 10.1 Å². The van der Waals surface area contributed by atoms with Crippen molar-refractivity contribution < 1.29 is 17.9 Å². The molecule has 19 heavy (non-hydrogen) atoms. The monoisotopic (exact) mass is 332 g/mol. The van der Waals surface area contributed by atoms with Gasteiger partial charge >= 0.3 is 6.36 Å². The van der Waals surface area contributed by atoms with Crippen LogP contribution in [-0.2, 0) is 0 Å². The van der Waals surface area contributed by atoms with E-state index in [2.05, 4.69) is 31.0 Å². The van der Waals surface area contributed by atoms with Gasteiger partial charge in [-0.3, -0.25) is 4.98 Å². The second-order valence-electron chi connectivity index (χ2n) is 3.56. The molecule has 100 valence electrons. The van der Waals surface area contributed by atoms with Crippen molar-refractivity contribution in [2.45, 2.75) is 6.36 Å². The number of alkyl halides is 3. The van der Waals surface area contributed by atoms with E-state index in [9.17, 15) is 13.2 Å². The normalized spacial score (nSPS) is 11.2. The summed E-state index contributed by atoms with van der Waals surface area (Å²) in [5, 5.41) is 2.82. The molecule has 1 heterocycles. The number of rotatable bonds is 3. The van der Waals surface area contributed by atoms with Crippen molar-refractivity contribution >= 4 is 27.3 Å². The Balaban J connectivity index is 2.25. The molecule has 1 aromatic carbocycles. The molecule has 0 atom stereocenters. The zero-order valence-corrected chi connectivity index (χ0v) is 11.0. The molecule has 1 N–H and O–H groups in total. The summed E-state index contributed by atoms with van der Waals surface area (Å²) in [6.45, 7) is 0. The fourth-order valence-electron chi connectivity index (χ4n) is 1.42. The van der Waals surface area contributed by atoms with Crippen molar-refractivity contribution in [3.63, 3.8) is 0 Å². The number of hydrogen-bond donors (Lipinski definition) is 1. The third kappa shape index (κ3) is 4.13. The van der Waals surface area contributed by atoms with E-state index in [4.69, 9.17) is 0 Å². The molecule has 1 aromatic heterocycles. The lowest BCUT2D eigenvalue weighted by Crippen LogP contribution is -2.17. The summed E-state index contributed by atoms with van der Waals surface area (Å²) in [6.07, 6.45) is -1.66. The Morgan fingerprint density at radius 2 is 1.89 bits per heavy atom. The predicted octanol–water partition coefficient (Wildman–Crippen LogP) is 4.49. The first-order valence-corrected chi connectivity index (χ1v) is 5.96. The van der Waals surface area contributed by atoms with Gasteiger partial charge in [0.25, 0.3) is 0 Å². The van der Waals surface area contributed by atoms with Crippen LogP contribution in [0.25, 0.3) is 0 Å². The van der Waals surface area contributed by atoms with Crippen molar-refractivity contribution in [1.29, 1.82) is 0 Å². The Hall–Kier alpha value is -1.76. The van der Waals surface area contributed by atoms with E-state index in [1.165, 1.54) is 24.4 Å². The zero-order valence-electron chi connectivity index (χ0n) is 9.41. The highest BCUT2D eigenvalue weighted by Gasteiger charge is 2.32. The molecule has 0 amide bonds. The summed E-state index contributed by atoms with van der Waals surface area (Å²) < 4.78 is 41.4. The molecule has 0 unspecified atom stereocenters. The number of ether oxygens (including phenoxy) is 1.